The van der Waals surface area contributed by atoms with E-state index < -0.39 is 10.7 Å². The standard InChI is InChI=1S/C11H14BrN3O4/c1-11(2)18-6-8(19-11)5-14-10-9(12)3-7(4-13-10)15(16)17/h3-4,8H,5-6H2,1-2H3,(H,13,14). The molecule has 8 heteroatoms. The van der Waals surface area contributed by atoms with Gasteiger partial charge in [-0.05, 0) is 29.8 Å². The molecule has 1 aliphatic rings. The van der Waals surface area contributed by atoms with Crippen LogP contribution < -0.4 is 5.32 Å². The molecule has 1 atom stereocenters. The molecule has 2 heterocycles. The van der Waals surface area contributed by atoms with E-state index in [4.69, 9.17) is 9.47 Å². The minimum atomic E-state index is -0.563. The normalized spacial score (nSPS) is 21.3. The lowest BCUT2D eigenvalue weighted by atomic mass is 10.3. The number of nitrogens with one attached hydrogen (secondary N) is 1. The zero-order valence-corrected chi connectivity index (χ0v) is 12.1. The number of ether oxygens (including phenoxy) is 2. The second kappa shape index (κ2) is 5.40. The van der Waals surface area contributed by atoms with E-state index in [9.17, 15) is 10.1 Å². The van der Waals surface area contributed by atoms with Crippen LogP contribution in [0.25, 0.3) is 0 Å². The molecular weight excluding hydrogens is 318 g/mol. The van der Waals surface area contributed by atoms with Gasteiger partial charge in [0.1, 0.15) is 18.1 Å². The third kappa shape index (κ3) is 3.62. The van der Waals surface area contributed by atoms with Crippen LogP contribution in [0.3, 0.4) is 0 Å². The SMILES string of the molecule is CC1(C)OCC(CNc2ncc([N+](=O)[O-])cc2Br)O1. The quantitative estimate of drug-likeness (QED) is 0.673. The van der Waals surface area contributed by atoms with Gasteiger partial charge in [0.25, 0.3) is 5.69 Å². The minimum absolute atomic E-state index is 0.0565. The number of rotatable bonds is 4. The Kier molecular flexibility index (Phi) is 4.02. The molecule has 1 aromatic rings. The molecule has 0 spiro atoms. The van der Waals surface area contributed by atoms with Crippen LogP contribution in [0, 0.1) is 10.1 Å². The zero-order valence-electron chi connectivity index (χ0n) is 10.6. The molecule has 19 heavy (non-hydrogen) atoms. The van der Waals surface area contributed by atoms with Crippen molar-refractivity contribution in [2.24, 2.45) is 0 Å². The summed E-state index contributed by atoms with van der Waals surface area (Å²) >= 11 is 3.25. The van der Waals surface area contributed by atoms with E-state index in [0.29, 0.717) is 23.4 Å². The van der Waals surface area contributed by atoms with Gasteiger partial charge in [-0.15, -0.1) is 0 Å². The maximum atomic E-state index is 10.6. The number of pyridine rings is 1. The van der Waals surface area contributed by atoms with E-state index >= 15 is 0 Å². The highest BCUT2D eigenvalue weighted by Gasteiger charge is 2.32. The first-order valence-corrected chi connectivity index (χ1v) is 6.52. The lowest BCUT2D eigenvalue weighted by molar-refractivity contribution is -0.385. The van der Waals surface area contributed by atoms with Crippen LogP contribution in [0.4, 0.5) is 11.5 Å². The molecule has 0 amide bonds. The average Bonchev–Trinajstić information content (AvgIpc) is 2.67. The van der Waals surface area contributed by atoms with Gasteiger partial charge in [-0.3, -0.25) is 10.1 Å². The van der Waals surface area contributed by atoms with Crippen molar-refractivity contribution in [3.8, 4) is 0 Å². The molecule has 1 saturated heterocycles. The summed E-state index contributed by atoms with van der Waals surface area (Å²) in [5.41, 5.74) is -0.0565. The highest BCUT2D eigenvalue weighted by molar-refractivity contribution is 9.10. The summed E-state index contributed by atoms with van der Waals surface area (Å²) in [5, 5.41) is 13.7. The van der Waals surface area contributed by atoms with Crippen LogP contribution in [0.15, 0.2) is 16.7 Å². The number of nitro groups is 1. The average molecular weight is 332 g/mol. The molecule has 0 aliphatic carbocycles. The van der Waals surface area contributed by atoms with Gasteiger partial charge >= 0.3 is 0 Å². The fourth-order valence-electron chi connectivity index (χ4n) is 1.73. The second-order valence-electron chi connectivity index (χ2n) is 4.61. The van der Waals surface area contributed by atoms with Crippen molar-refractivity contribution in [3.05, 3.63) is 26.9 Å². The van der Waals surface area contributed by atoms with Crippen LogP contribution in [0.1, 0.15) is 13.8 Å². The molecule has 104 valence electrons. The zero-order chi connectivity index (χ0) is 14.0. The van der Waals surface area contributed by atoms with Gasteiger partial charge in [-0.1, -0.05) is 0 Å². The fraction of sp³-hybridized carbons (Fsp3) is 0.545. The Morgan fingerprint density at radius 3 is 2.95 bits per heavy atom. The molecule has 0 bridgehead atoms. The van der Waals surface area contributed by atoms with E-state index in [0.717, 1.165) is 0 Å². The third-order valence-corrected chi connectivity index (χ3v) is 3.21. The molecule has 2 rings (SSSR count). The second-order valence-corrected chi connectivity index (χ2v) is 5.47. The summed E-state index contributed by atoms with van der Waals surface area (Å²) < 4.78 is 11.6. The van der Waals surface area contributed by atoms with Gasteiger partial charge < -0.3 is 14.8 Å². The number of hydrogen-bond donors (Lipinski definition) is 1. The molecule has 0 aromatic carbocycles. The Labute approximate surface area is 118 Å². The van der Waals surface area contributed by atoms with Gasteiger partial charge in [-0.25, -0.2) is 4.98 Å². The number of nitrogens with zero attached hydrogens (tertiary/aromatic N) is 2. The van der Waals surface area contributed by atoms with Crippen LogP contribution in [-0.2, 0) is 9.47 Å². The van der Waals surface area contributed by atoms with Crippen molar-refractivity contribution >= 4 is 27.4 Å². The number of aromatic nitrogens is 1. The summed E-state index contributed by atoms with van der Waals surface area (Å²) in [5.74, 6) is -0.0224. The molecule has 1 fully saturated rings. The predicted molar refractivity (Wildman–Crippen MR) is 72.0 cm³/mol. The first-order valence-electron chi connectivity index (χ1n) is 5.73. The van der Waals surface area contributed by atoms with Crippen LogP contribution in [0.2, 0.25) is 0 Å². The van der Waals surface area contributed by atoms with Gasteiger partial charge in [-0.2, -0.15) is 0 Å². The fourth-order valence-corrected chi connectivity index (χ4v) is 2.21. The first kappa shape index (κ1) is 14.2. The predicted octanol–water partition coefficient (Wildman–Crippen LogP) is 2.32. The van der Waals surface area contributed by atoms with E-state index in [1.165, 1.54) is 12.3 Å². The van der Waals surface area contributed by atoms with Crippen molar-refractivity contribution in [1.29, 1.82) is 0 Å². The maximum Gasteiger partial charge on any atom is 0.288 e. The molecule has 1 aliphatic heterocycles. The minimum Gasteiger partial charge on any atom is -0.366 e. The molecule has 0 saturated carbocycles. The summed E-state index contributed by atoms with van der Waals surface area (Å²) in [4.78, 5) is 14.1. The van der Waals surface area contributed by atoms with Crippen molar-refractivity contribution in [1.82, 2.24) is 4.98 Å². The van der Waals surface area contributed by atoms with Crippen molar-refractivity contribution < 1.29 is 14.4 Å². The van der Waals surface area contributed by atoms with E-state index in [2.05, 4.69) is 26.2 Å². The molecule has 0 radical (unpaired) electrons. The molecular formula is C11H14BrN3O4. The van der Waals surface area contributed by atoms with Crippen molar-refractivity contribution in [2.75, 3.05) is 18.5 Å². The molecule has 1 unspecified atom stereocenters. The van der Waals surface area contributed by atoms with E-state index in [1.54, 1.807) is 0 Å². The third-order valence-electron chi connectivity index (χ3n) is 2.60. The summed E-state index contributed by atoms with van der Waals surface area (Å²) in [7, 11) is 0. The molecule has 1 aromatic heterocycles. The van der Waals surface area contributed by atoms with Crippen molar-refractivity contribution in [2.45, 2.75) is 25.7 Å². The Morgan fingerprint density at radius 2 is 2.42 bits per heavy atom. The Bertz CT molecular complexity index is 495. The number of anilines is 1. The Balaban J connectivity index is 1.95. The lowest BCUT2D eigenvalue weighted by Gasteiger charge is -2.17. The lowest BCUT2D eigenvalue weighted by Crippen LogP contribution is -2.26. The smallest absolute Gasteiger partial charge is 0.288 e. The van der Waals surface area contributed by atoms with Crippen molar-refractivity contribution in [3.63, 3.8) is 0 Å². The van der Waals surface area contributed by atoms with Crippen LogP contribution in [-0.4, -0.2) is 35.0 Å². The van der Waals surface area contributed by atoms with Gasteiger partial charge in [0.15, 0.2) is 5.79 Å². The highest BCUT2D eigenvalue weighted by atomic mass is 79.9. The summed E-state index contributed by atoms with van der Waals surface area (Å²) in [6.07, 6.45) is 1.14. The number of hydrogen-bond acceptors (Lipinski definition) is 6. The topological polar surface area (TPSA) is 86.5 Å². The molecule has 7 nitrogen and oxygen atoms in total. The highest BCUT2D eigenvalue weighted by Crippen LogP contribution is 2.26. The first-order chi connectivity index (χ1) is 8.87. The van der Waals surface area contributed by atoms with Gasteiger partial charge in [0.05, 0.1) is 16.0 Å². The van der Waals surface area contributed by atoms with Gasteiger partial charge in [0.2, 0.25) is 0 Å². The molecule has 1 N–H and O–H groups in total. The monoisotopic (exact) mass is 331 g/mol. The summed E-state index contributed by atoms with van der Waals surface area (Å²) in [6, 6.07) is 1.41. The van der Waals surface area contributed by atoms with E-state index in [1.807, 2.05) is 13.8 Å². The Hall–Kier alpha value is -1.25. The largest absolute Gasteiger partial charge is 0.366 e. The van der Waals surface area contributed by atoms with E-state index in [-0.39, 0.29) is 11.8 Å². The van der Waals surface area contributed by atoms with Crippen LogP contribution in [0.5, 0.6) is 0 Å². The summed E-state index contributed by atoms with van der Waals surface area (Å²) in [6.45, 7) is 4.73. The Morgan fingerprint density at radius 1 is 1.68 bits per heavy atom. The van der Waals surface area contributed by atoms with Crippen LogP contribution >= 0.6 is 15.9 Å². The van der Waals surface area contributed by atoms with Gasteiger partial charge in [0, 0.05) is 12.6 Å². The maximum absolute atomic E-state index is 10.6. The number of halogens is 1.